The molecule has 2 atom stereocenters. The zero-order valence-corrected chi connectivity index (χ0v) is 21.8. The van der Waals surface area contributed by atoms with Crippen LogP contribution in [0.25, 0.3) is 0 Å². The molecule has 0 bridgehead atoms. The molecule has 1 aliphatic carbocycles. The third kappa shape index (κ3) is 4.91. The summed E-state index contributed by atoms with van der Waals surface area (Å²) in [4.78, 5) is 31.0. The Morgan fingerprint density at radius 2 is 1.77 bits per heavy atom. The molecule has 2 amide bonds. The van der Waals surface area contributed by atoms with Crippen molar-refractivity contribution in [2.24, 2.45) is 11.3 Å². The Kier molecular flexibility index (Phi) is 6.96. The summed E-state index contributed by atoms with van der Waals surface area (Å²) in [6.07, 6.45) is -8.43. The summed E-state index contributed by atoms with van der Waals surface area (Å²) in [5.74, 6) is -2.46. The first-order valence-corrected chi connectivity index (χ1v) is 13.2. The molecule has 3 heterocycles. The fraction of sp³-hybridized carbons (Fsp3) is 0.692. The molecule has 1 saturated carbocycles. The first kappa shape index (κ1) is 27.9. The number of amides is 2. The van der Waals surface area contributed by atoms with Crippen LogP contribution in [0.3, 0.4) is 0 Å². The van der Waals surface area contributed by atoms with Crippen molar-refractivity contribution in [2.75, 3.05) is 36.8 Å². The summed E-state index contributed by atoms with van der Waals surface area (Å²) in [5.41, 5.74) is -0.485. The molecule has 1 aromatic carbocycles. The molecule has 0 radical (unpaired) electrons. The molecule has 0 aromatic heterocycles. The summed E-state index contributed by atoms with van der Waals surface area (Å²) in [5, 5.41) is 2.97. The van der Waals surface area contributed by atoms with E-state index in [1.807, 2.05) is 13.8 Å². The number of ether oxygens (including phenoxy) is 1. The molecule has 7 nitrogen and oxygen atoms in total. The topological polar surface area (TPSA) is 65.1 Å². The van der Waals surface area contributed by atoms with E-state index >= 15 is 0 Å². The van der Waals surface area contributed by atoms with Gasteiger partial charge in [-0.05, 0) is 55.7 Å². The number of rotatable bonds is 4. The number of anilines is 2. The average molecular weight is 563 g/mol. The van der Waals surface area contributed by atoms with Gasteiger partial charge in [0.05, 0.1) is 35.7 Å². The van der Waals surface area contributed by atoms with E-state index in [2.05, 4.69) is 5.32 Å². The third-order valence-corrected chi connectivity index (χ3v) is 8.79. The molecule has 1 N–H and O–H groups in total. The number of benzene rings is 1. The van der Waals surface area contributed by atoms with Crippen LogP contribution in [0.4, 0.5) is 37.7 Å². The van der Waals surface area contributed by atoms with Gasteiger partial charge in [-0.3, -0.25) is 9.59 Å². The molecule has 1 aromatic rings. The number of halogens is 6. The quantitative estimate of drug-likeness (QED) is 0.526. The Labute approximate surface area is 222 Å². The maximum Gasteiger partial charge on any atom is 0.471 e. The highest BCUT2D eigenvalue weighted by molar-refractivity contribution is 5.87. The fourth-order valence-corrected chi connectivity index (χ4v) is 6.77. The molecular formula is C26H32F6N4O3. The minimum atomic E-state index is -5.04. The van der Waals surface area contributed by atoms with E-state index in [0.29, 0.717) is 16.9 Å². The van der Waals surface area contributed by atoms with Gasteiger partial charge in [0, 0.05) is 31.8 Å². The first-order chi connectivity index (χ1) is 18.2. The number of carbonyl (C=O) groups excluding carboxylic acids is 2. The normalized spacial score (nSPS) is 25.6. The zero-order chi connectivity index (χ0) is 28.3. The summed E-state index contributed by atoms with van der Waals surface area (Å²) >= 11 is 0. The van der Waals surface area contributed by atoms with Gasteiger partial charge in [-0.15, -0.1) is 0 Å². The minimum absolute atomic E-state index is 0.0342. The van der Waals surface area contributed by atoms with E-state index in [1.54, 1.807) is 4.90 Å². The zero-order valence-electron chi connectivity index (χ0n) is 21.8. The molecule has 2 fully saturated rings. The molecule has 0 unspecified atom stereocenters. The predicted molar refractivity (Wildman–Crippen MR) is 129 cm³/mol. The number of nitrogens with one attached hydrogen (secondary N) is 1. The lowest BCUT2D eigenvalue weighted by atomic mass is 9.74. The Balaban J connectivity index is 1.43. The van der Waals surface area contributed by atoms with Gasteiger partial charge < -0.3 is 24.8 Å². The molecular weight excluding hydrogens is 530 g/mol. The number of nitrogens with zero attached hydrogens (tertiary/aromatic N) is 3. The monoisotopic (exact) mass is 562 g/mol. The van der Waals surface area contributed by atoms with E-state index in [1.165, 1.54) is 4.90 Å². The lowest BCUT2D eigenvalue weighted by Crippen LogP contribution is -2.55. The van der Waals surface area contributed by atoms with Gasteiger partial charge in [0.25, 0.3) is 0 Å². The van der Waals surface area contributed by atoms with Crippen molar-refractivity contribution in [3.63, 3.8) is 0 Å². The molecule has 3 aliphatic heterocycles. The van der Waals surface area contributed by atoms with E-state index < -0.39 is 41.3 Å². The van der Waals surface area contributed by atoms with Crippen molar-refractivity contribution in [2.45, 2.75) is 76.9 Å². The Hall–Kier alpha value is -2.70. The maximum absolute atomic E-state index is 14.2. The van der Waals surface area contributed by atoms with Crippen LogP contribution >= 0.6 is 0 Å². The van der Waals surface area contributed by atoms with Gasteiger partial charge >= 0.3 is 18.3 Å². The van der Waals surface area contributed by atoms with Crippen molar-refractivity contribution in [3.8, 4) is 0 Å². The summed E-state index contributed by atoms with van der Waals surface area (Å²) < 4.78 is 86.9. The molecule has 5 rings (SSSR count). The highest BCUT2D eigenvalue weighted by Crippen LogP contribution is 2.50. The maximum atomic E-state index is 14.2. The molecule has 13 heteroatoms. The first-order valence-electron chi connectivity index (χ1n) is 13.2. The number of hydrogen-bond donors (Lipinski definition) is 1. The molecule has 4 aliphatic rings. The minimum Gasteiger partial charge on any atom is -0.381 e. The molecule has 39 heavy (non-hydrogen) atoms. The van der Waals surface area contributed by atoms with Gasteiger partial charge in [-0.1, -0.05) is 13.8 Å². The van der Waals surface area contributed by atoms with Crippen LogP contribution in [0.2, 0.25) is 0 Å². The van der Waals surface area contributed by atoms with E-state index in [-0.39, 0.29) is 77.0 Å². The lowest BCUT2D eigenvalue weighted by Gasteiger charge is -2.43. The van der Waals surface area contributed by atoms with E-state index in [4.69, 9.17) is 4.74 Å². The van der Waals surface area contributed by atoms with Gasteiger partial charge in [0.1, 0.15) is 0 Å². The highest BCUT2D eigenvalue weighted by Gasteiger charge is 2.55. The van der Waals surface area contributed by atoms with Crippen molar-refractivity contribution in [1.29, 1.82) is 0 Å². The lowest BCUT2D eigenvalue weighted by molar-refractivity contribution is -0.192. The number of carbonyl (C=O) groups is 2. The van der Waals surface area contributed by atoms with Crippen LogP contribution in [0.15, 0.2) is 12.1 Å². The van der Waals surface area contributed by atoms with Gasteiger partial charge in [0.2, 0.25) is 5.91 Å². The van der Waals surface area contributed by atoms with Gasteiger partial charge in [-0.2, -0.15) is 26.3 Å². The Morgan fingerprint density at radius 1 is 1.08 bits per heavy atom. The van der Waals surface area contributed by atoms with Crippen LogP contribution < -0.4 is 10.2 Å². The number of alkyl halides is 6. The Morgan fingerprint density at radius 3 is 2.38 bits per heavy atom. The van der Waals surface area contributed by atoms with Crippen LogP contribution in [0.5, 0.6) is 0 Å². The van der Waals surface area contributed by atoms with Crippen molar-refractivity contribution in [3.05, 3.63) is 23.3 Å². The SMILES string of the molecule is CC(C)[C@]1(C(=O)N2Cc3cc(C(F)(F)F)cc4c3N(CN4)C2)CC[C@@H](N(C(=O)C(F)(F)F)C2CCOCC2)C1. The van der Waals surface area contributed by atoms with Crippen LogP contribution in [0.1, 0.15) is 57.1 Å². The van der Waals surface area contributed by atoms with Crippen LogP contribution in [-0.2, 0) is 27.0 Å². The van der Waals surface area contributed by atoms with Gasteiger partial charge in [-0.25, -0.2) is 0 Å². The second-order valence-electron chi connectivity index (χ2n) is 11.3. The van der Waals surface area contributed by atoms with E-state index in [9.17, 15) is 35.9 Å². The van der Waals surface area contributed by atoms with Crippen molar-refractivity contribution < 1.29 is 40.7 Å². The molecule has 216 valence electrons. The summed E-state index contributed by atoms with van der Waals surface area (Å²) in [6, 6.07) is 0.720. The van der Waals surface area contributed by atoms with Crippen molar-refractivity contribution >= 4 is 23.2 Å². The summed E-state index contributed by atoms with van der Waals surface area (Å²) in [6.45, 7) is 4.54. The van der Waals surface area contributed by atoms with Crippen LogP contribution in [-0.4, -0.2) is 66.4 Å². The second-order valence-corrected chi connectivity index (χ2v) is 11.3. The standard InChI is InChI=1S/C26H32F6N4O3/c1-15(2)24(6-3-19(11-24)36(23(38)26(30,31)32)18-4-7-39-8-5-18)22(37)34-12-16-9-17(25(27,28)29)10-20-21(16)35(14-34)13-33-20/h9-10,15,18-19,33H,3-8,11-14H2,1-2H3/t19-,24+/m1/s1. The highest BCUT2D eigenvalue weighted by atomic mass is 19.4. The third-order valence-electron chi connectivity index (χ3n) is 8.79. The largest absolute Gasteiger partial charge is 0.471 e. The van der Waals surface area contributed by atoms with E-state index in [0.717, 1.165) is 17.0 Å². The second kappa shape index (κ2) is 9.74. The fourth-order valence-electron chi connectivity index (χ4n) is 6.77. The smallest absolute Gasteiger partial charge is 0.381 e. The summed E-state index contributed by atoms with van der Waals surface area (Å²) in [7, 11) is 0. The predicted octanol–water partition coefficient (Wildman–Crippen LogP) is 4.96. The number of hydrogen-bond acceptors (Lipinski definition) is 5. The molecule has 0 spiro atoms. The molecule has 1 saturated heterocycles. The van der Waals surface area contributed by atoms with Gasteiger partial charge in [0.15, 0.2) is 0 Å². The van der Waals surface area contributed by atoms with Crippen LogP contribution in [0, 0.1) is 11.3 Å². The Bertz CT molecular complexity index is 1130. The average Bonchev–Trinajstić information content (AvgIpc) is 3.50. The van der Waals surface area contributed by atoms with Crippen molar-refractivity contribution in [1.82, 2.24) is 9.80 Å².